The molecular formula is C29H29FN4O2S. The third-order valence-electron chi connectivity index (χ3n) is 7.37. The van der Waals surface area contributed by atoms with Gasteiger partial charge in [0.2, 0.25) is 0 Å². The zero-order valence-corrected chi connectivity index (χ0v) is 21.9. The van der Waals surface area contributed by atoms with Gasteiger partial charge in [0.15, 0.2) is 0 Å². The lowest BCUT2D eigenvalue weighted by Gasteiger charge is -2.32. The molecule has 37 heavy (non-hydrogen) atoms. The van der Waals surface area contributed by atoms with E-state index >= 15 is 0 Å². The Kier molecular flexibility index (Phi) is 6.01. The Morgan fingerprint density at radius 1 is 1.11 bits per heavy atom. The van der Waals surface area contributed by atoms with E-state index in [1.54, 1.807) is 26.2 Å². The number of hydrogen-bond acceptors (Lipinski definition) is 4. The van der Waals surface area contributed by atoms with Crippen LogP contribution in [0.5, 0.6) is 5.75 Å². The number of nitrogens with one attached hydrogen (secondary N) is 1. The van der Waals surface area contributed by atoms with Gasteiger partial charge in [0, 0.05) is 35.4 Å². The van der Waals surface area contributed by atoms with E-state index in [0.717, 1.165) is 36.5 Å². The summed E-state index contributed by atoms with van der Waals surface area (Å²) in [6, 6.07) is 16.2. The molecule has 2 aromatic carbocycles. The number of carbonyl (C=O) groups excluding carboxylic acids is 1. The first kappa shape index (κ1) is 23.8. The second-order valence-electron chi connectivity index (χ2n) is 9.78. The number of methoxy groups -OCH3 is 1. The molecule has 4 heterocycles. The van der Waals surface area contributed by atoms with E-state index in [-0.39, 0.29) is 17.9 Å². The van der Waals surface area contributed by atoms with Crippen LogP contribution in [0.1, 0.15) is 38.9 Å². The number of aryl methyl sites for hydroxylation is 1. The summed E-state index contributed by atoms with van der Waals surface area (Å²) in [5.74, 6) is 0.420. The van der Waals surface area contributed by atoms with Crippen molar-refractivity contribution < 1.29 is 13.9 Å². The fourth-order valence-corrected chi connectivity index (χ4v) is 6.80. The third-order valence-corrected chi connectivity index (χ3v) is 8.63. The molecule has 2 aliphatic heterocycles. The number of fused-ring (bicyclic) bond motifs is 5. The van der Waals surface area contributed by atoms with E-state index in [1.807, 2.05) is 46.6 Å². The number of ether oxygens (including phenoxy) is 1. The van der Waals surface area contributed by atoms with E-state index in [1.165, 1.54) is 27.1 Å². The van der Waals surface area contributed by atoms with Crippen molar-refractivity contribution in [1.82, 2.24) is 14.4 Å². The summed E-state index contributed by atoms with van der Waals surface area (Å²) < 4.78 is 21.9. The molecular weight excluding hydrogens is 487 g/mol. The molecule has 4 aromatic rings. The van der Waals surface area contributed by atoms with Crippen molar-refractivity contribution in [3.63, 3.8) is 0 Å². The number of aromatic nitrogens is 1. The number of rotatable bonds is 3. The van der Waals surface area contributed by atoms with Gasteiger partial charge < -0.3 is 24.4 Å². The van der Waals surface area contributed by atoms with Gasteiger partial charge in [-0.1, -0.05) is 18.2 Å². The molecule has 2 aliphatic rings. The quantitative estimate of drug-likeness (QED) is 0.357. The number of halogens is 1. The van der Waals surface area contributed by atoms with Crippen LogP contribution >= 0.6 is 11.3 Å². The van der Waals surface area contributed by atoms with Crippen molar-refractivity contribution in [2.45, 2.75) is 32.5 Å². The minimum atomic E-state index is -0.340. The zero-order valence-electron chi connectivity index (χ0n) is 21.1. The Bertz CT molecular complexity index is 1480. The van der Waals surface area contributed by atoms with Crippen molar-refractivity contribution in [1.29, 1.82) is 0 Å². The Balaban J connectivity index is 1.48. The standard InChI is InChI=1S/C29H29FN4O2S/c1-18-6-9-20(15-24(18)30)31-29(35)34-16-23-22-12-14-32(2)17-26(22)37-28(23)33-13-4-5-25(33)27(34)19-7-10-21(36-3)11-8-19/h4-11,13,15,27H,12,14,16-17H2,1-3H3,(H,31,35)/t27-/m1/s1. The second-order valence-corrected chi connectivity index (χ2v) is 10.9. The number of carbonyl (C=O) groups is 1. The number of benzene rings is 2. The highest BCUT2D eigenvalue weighted by atomic mass is 32.1. The molecule has 1 atom stereocenters. The number of likely N-dealkylation sites (N-methyl/N-ethyl adjacent to an activating group) is 1. The maximum absolute atomic E-state index is 14.3. The predicted molar refractivity (Wildman–Crippen MR) is 144 cm³/mol. The summed E-state index contributed by atoms with van der Waals surface area (Å²) in [5, 5.41) is 4.15. The molecule has 0 unspecified atom stereocenters. The van der Waals surface area contributed by atoms with E-state index in [4.69, 9.17) is 4.74 Å². The number of amides is 2. The number of anilines is 1. The lowest BCUT2D eigenvalue weighted by atomic mass is 10.00. The summed E-state index contributed by atoms with van der Waals surface area (Å²) in [6.07, 6.45) is 3.05. The molecule has 0 aliphatic carbocycles. The van der Waals surface area contributed by atoms with Gasteiger partial charge >= 0.3 is 6.03 Å². The fraction of sp³-hybridized carbons (Fsp3) is 0.276. The van der Waals surface area contributed by atoms with E-state index < -0.39 is 0 Å². The summed E-state index contributed by atoms with van der Waals surface area (Å²) in [6.45, 7) is 4.08. The molecule has 2 amide bonds. The van der Waals surface area contributed by atoms with Crippen LogP contribution in [0.25, 0.3) is 5.00 Å². The molecule has 0 spiro atoms. The van der Waals surface area contributed by atoms with Gasteiger partial charge in [-0.15, -0.1) is 11.3 Å². The second kappa shape index (κ2) is 9.36. The molecule has 2 aromatic heterocycles. The molecule has 6 nitrogen and oxygen atoms in total. The Hall–Kier alpha value is -3.62. The average Bonchev–Trinajstić information content (AvgIpc) is 3.47. The number of hydrogen-bond donors (Lipinski definition) is 1. The van der Waals surface area contributed by atoms with Crippen LogP contribution < -0.4 is 10.1 Å². The largest absolute Gasteiger partial charge is 0.497 e. The van der Waals surface area contributed by atoms with Crippen molar-refractivity contribution in [3.05, 3.63) is 99.4 Å². The molecule has 1 N–H and O–H groups in total. The van der Waals surface area contributed by atoms with E-state index in [0.29, 0.717) is 17.8 Å². The van der Waals surface area contributed by atoms with E-state index in [9.17, 15) is 9.18 Å². The first-order valence-electron chi connectivity index (χ1n) is 12.4. The lowest BCUT2D eigenvalue weighted by molar-refractivity contribution is 0.194. The Morgan fingerprint density at radius 2 is 1.92 bits per heavy atom. The van der Waals surface area contributed by atoms with Gasteiger partial charge in [-0.05, 0) is 73.5 Å². The van der Waals surface area contributed by atoms with Gasteiger partial charge in [-0.2, -0.15) is 0 Å². The highest BCUT2D eigenvalue weighted by Gasteiger charge is 2.36. The van der Waals surface area contributed by atoms with Gasteiger partial charge in [0.25, 0.3) is 0 Å². The molecule has 0 saturated carbocycles. The highest BCUT2D eigenvalue weighted by molar-refractivity contribution is 7.15. The molecule has 0 bridgehead atoms. The summed E-state index contributed by atoms with van der Waals surface area (Å²) >= 11 is 1.82. The van der Waals surface area contributed by atoms with Crippen LogP contribution in [0, 0.1) is 12.7 Å². The Morgan fingerprint density at radius 3 is 2.68 bits per heavy atom. The Labute approximate surface area is 219 Å². The fourth-order valence-electron chi connectivity index (χ4n) is 5.35. The number of thiophene rings is 1. The van der Waals surface area contributed by atoms with Crippen LogP contribution in [-0.4, -0.2) is 41.1 Å². The highest BCUT2D eigenvalue weighted by Crippen LogP contribution is 2.43. The molecule has 8 heteroatoms. The molecule has 0 fully saturated rings. The third kappa shape index (κ3) is 4.20. The minimum Gasteiger partial charge on any atom is -0.497 e. The van der Waals surface area contributed by atoms with Crippen LogP contribution in [0.3, 0.4) is 0 Å². The summed E-state index contributed by atoms with van der Waals surface area (Å²) in [4.78, 5) is 19.5. The maximum atomic E-state index is 14.3. The first-order chi connectivity index (χ1) is 17.9. The van der Waals surface area contributed by atoms with Crippen LogP contribution in [0.15, 0.2) is 60.8 Å². The topological polar surface area (TPSA) is 49.7 Å². The van der Waals surface area contributed by atoms with E-state index in [2.05, 4.69) is 34.1 Å². The zero-order chi connectivity index (χ0) is 25.7. The maximum Gasteiger partial charge on any atom is 0.322 e. The summed E-state index contributed by atoms with van der Waals surface area (Å²) in [5.41, 5.74) is 5.53. The molecule has 6 rings (SSSR count). The monoisotopic (exact) mass is 516 g/mol. The lowest BCUT2D eigenvalue weighted by Crippen LogP contribution is -2.38. The van der Waals surface area contributed by atoms with Crippen molar-refractivity contribution in [2.24, 2.45) is 0 Å². The number of nitrogens with zero attached hydrogens (tertiary/aromatic N) is 3. The van der Waals surface area contributed by atoms with Crippen molar-refractivity contribution >= 4 is 23.1 Å². The van der Waals surface area contributed by atoms with Crippen LogP contribution in [-0.2, 0) is 19.5 Å². The molecule has 0 radical (unpaired) electrons. The van der Waals surface area contributed by atoms with Crippen molar-refractivity contribution in [3.8, 4) is 10.8 Å². The van der Waals surface area contributed by atoms with Crippen molar-refractivity contribution in [2.75, 3.05) is 26.0 Å². The smallest absolute Gasteiger partial charge is 0.322 e. The average molecular weight is 517 g/mol. The van der Waals surface area contributed by atoms with Crippen LogP contribution in [0.4, 0.5) is 14.9 Å². The SMILES string of the molecule is COc1ccc([C@@H]2c3cccn3-c3sc4c(c3CN2C(=O)Nc2ccc(C)c(F)c2)CCN(C)C4)cc1. The van der Waals surface area contributed by atoms with Gasteiger partial charge in [-0.25, -0.2) is 9.18 Å². The number of urea groups is 1. The molecule has 190 valence electrons. The normalized spacial score (nSPS) is 17.0. The van der Waals surface area contributed by atoms with Gasteiger partial charge in [0.05, 0.1) is 25.4 Å². The molecule has 0 saturated heterocycles. The van der Waals surface area contributed by atoms with Gasteiger partial charge in [0.1, 0.15) is 16.6 Å². The predicted octanol–water partition coefficient (Wildman–Crippen LogP) is 6.12. The summed E-state index contributed by atoms with van der Waals surface area (Å²) in [7, 11) is 3.79. The van der Waals surface area contributed by atoms with Crippen LogP contribution in [0.2, 0.25) is 0 Å². The van der Waals surface area contributed by atoms with Gasteiger partial charge in [-0.3, -0.25) is 0 Å². The minimum absolute atomic E-state index is 0.266. The first-order valence-corrected chi connectivity index (χ1v) is 13.2.